The molecule has 0 unspecified atom stereocenters. The lowest BCUT2D eigenvalue weighted by molar-refractivity contribution is 0.0745. The Balaban J connectivity index is 1.43. The first-order valence-electron chi connectivity index (χ1n) is 10.6. The number of piperazine rings is 1. The van der Waals surface area contributed by atoms with Crippen molar-refractivity contribution in [3.05, 3.63) is 82.7 Å². The zero-order valence-electron chi connectivity index (χ0n) is 17.9. The number of nitrogens with zero attached hydrogens (tertiary/aromatic N) is 3. The Hall–Kier alpha value is -3.14. The minimum Gasteiger partial charge on any atom is -0.418 e. The van der Waals surface area contributed by atoms with E-state index in [9.17, 15) is 13.2 Å². The summed E-state index contributed by atoms with van der Waals surface area (Å²) in [5, 5.41) is 2.34. The summed E-state index contributed by atoms with van der Waals surface area (Å²) < 4.78 is 32.9. The Labute approximate surface area is 206 Å². The molecule has 0 aliphatic carbocycles. The summed E-state index contributed by atoms with van der Waals surface area (Å²) >= 11 is 7.35. The molecule has 1 aliphatic heterocycles. The smallest absolute Gasteiger partial charge is 0.253 e. The van der Waals surface area contributed by atoms with Crippen LogP contribution in [-0.4, -0.2) is 50.4 Å². The molecule has 5 rings (SSSR count). The van der Waals surface area contributed by atoms with Crippen LogP contribution < -0.4 is 4.90 Å². The van der Waals surface area contributed by atoms with Crippen LogP contribution in [0.3, 0.4) is 0 Å². The fourth-order valence-electron chi connectivity index (χ4n) is 3.78. The number of aromatic nitrogens is 1. The molecule has 0 spiro atoms. The van der Waals surface area contributed by atoms with Gasteiger partial charge in [0.15, 0.2) is 0 Å². The third-order valence-electron chi connectivity index (χ3n) is 5.56. The molecule has 7 nitrogen and oxygen atoms in total. The zero-order chi connectivity index (χ0) is 23.7. The molecule has 4 aromatic rings. The number of carbonyl (C=O) groups is 1. The molecule has 1 amide bonds. The Morgan fingerprint density at radius 3 is 2.29 bits per heavy atom. The minimum atomic E-state index is -3.90. The number of hydrogen-bond acceptors (Lipinski definition) is 7. The van der Waals surface area contributed by atoms with Crippen LogP contribution in [-0.2, 0) is 9.84 Å². The number of carbonyl (C=O) groups excluding carboxylic acids is 1. The van der Waals surface area contributed by atoms with E-state index < -0.39 is 9.84 Å². The van der Waals surface area contributed by atoms with E-state index in [0.717, 1.165) is 4.88 Å². The summed E-state index contributed by atoms with van der Waals surface area (Å²) in [6.07, 6.45) is 0. The van der Waals surface area contributed by atoms with E-state index in [-0.39, 0.29) is 27.6 Å². The third-order valence-corrected chi connectivity index (χ3v) is 8.34. The Morgan fingerprint density at radius 2 is 1.65 bits per heavy atom. The van der Waals surface area contributed by atoms with E-state index in [2.05, 4.69) is 4.98 Å². The lowest BCUT2D eigenvalue weighted by Gasteiger charge is -2.34. The van der Waals surface area contributed by atoms with Gasteiger partial charge in [-0.15, -0.1) is 11.3 Å². The average Bonchev–Trinajstić information content (AvgIpc) is 3.55. The van der Waals surface area contributed by atoms with Gasteiger partial charge in [-0.2, -0.15) is 4.98 Å². The molecule has 3 heterocycles. The van der Waals surface area contributed by atoms with Gasteiger partial charge in [0, 0.05) is 36.8 Å². The van der Waals surface area contributed by atoms with Gasteiger partial charge in [-0.25, -0.2) is 8.42 Å². The number of amides is 1. The largest absolute Gasteiger partial charge is 0.418 e. The lowest BCUT2D eigenvalue weighted by Crippen LogP contribution is -2.49. The molecule has 1 aliphatic rings. The monoisotopic (exact) mass is 513 g/mol. The molecule has 2 aromatic carbocycles. The van der Waals surface area contributed by atoms with Gasteiger partial charge in [-0.1, -0.05) is 35.9 Å². The molecule has 0 radical (unpaired) electrons. The van der Waals surface area contributed by atoms with Gasteiger partial charge in [0.2, 0.25) is 26.6 Å². The summed E-state index contributed by atoms with van der Waals surface area (Å²) in [6, 6.07) is 18.7. The molecule has 1 saturated heterocycles. The Morgan fingerprint density at radius 1 is 0.941 bits per heavy atom. The van der Waals surface area contributed by atoms with Crippen LogP contribution in [0.25, 0.3) is 10.8 Å². The van der Waals surface area contributed by atoms with E-state index in [1.165, 1.54) is 11.3 Å². The van der Waals surface area contributed by atoms with E-state index in [1.807, 2.05) is 22.4 Å². The Bertz CT molecular complexity index is 1390. The lowest BCUT2D eigenvalue weighted by atomic mass is 10.2. The van der Waals surface area contributed by atoms with Crippen LogP contribution in [0.5, 0.6) is 0 Å². The van der Waals surface area contributed by atoms with E-state index in [4.69, 9.17) is 16.0 Å². The second-order valence-electron chi connectivity index (χ2n) is 7.71. The van der Waals surface area contributed by atoms with Crippen molar-refractivity contribution in [2.75, 3.05) is 31.1 Å². The van der Waals surface area contributed by atoms with Gasteiger partial charge < -0.3 is 14.2 Å². The van der Waals surface area contributed by atoms with Gasteiger partial charge in [0.1, 0.15) is 0 Å². The molecule has 1 fully saturated rings. The zero-order valence-corrected chi connectivity index (χ0v) is 20.3. The third kappa shape index (κ3) is 4.34. The minimum absolute atomic E-state index is 0.0923. The summed E-state index contributed by atoms with van der Waals surface area (Å²) in [5.74, 6) is 0.371. The number of benzene rings is 2. The fourth-order valence-corrected chi connectivity index (χ4v) is 5.89. The van der Waals surface area contributed by atoms with Gasteiger partial charge in [0.05, 0.1) is 9.77 Å². The van der Waals surface area contributed by atoms with Crippen molar-refractivity contribution in [3.8, 4) is 10.8 Å². The highest BCUT2D eigenvalue weighted by Crippen LogP contribution is 2.36. The fraction of sp³-hybridized carbons (Fsp3) is 0.167. The number of sulfone groups is 1. The summed E-state index contributed by atoms with van der Waals surface area (Å²) in [4.78, 5) is 21.7. The average molecular weight is 514 g/mol. The predicted molar refractivity (Wildman–Crippen MR) is 131 cm³/mol. The molecule has 2 aromatic heterocycles. The molecule has 0 N–H and O–H groups in total. The summed E-state index contributed by atoms with van der Waals surface area (Å²) in [6.45, 7) is 1.66. The highest BCUT2D eigenvalue weighted by Gasteiger charge is 2.33. The predicted octanol–water partition coefficient (Wildman–Crippen LogP) is 4.85. The number of thiophene rings is 1. The van der Waals surface area contributed by atoms with Gasteiger partial charge in [0.25, 0.3) is 5.91 Å². The van der Waals surface area contributed by atoms with Crippen molar-refractivity contribution in [1.82, 2.24) is 9.88 Å². The van der Waals surface area contributed by atoms with Gasteiger partial charge in [-0.05, 0) is 47.8 Å². The second-order valence-corrected chi connectivity index (χ2v) is 11.0. The maximum absolute atomic E-state index is 13.4. The molecule has 0 saturated carbocycles. The first-order chi connectivity index (χ1) is 16.4. The molecule has 10 heteroatoms. The highest BCUT2D eigenvalue weighted by atomic mass is 35.5. The van der Waals surface area contributed by atoms with Crippen LogP contribution >= 0.6 is 22.9 Å². The summed E-state index contributed by atoms with van der Waals surface area (Å²) in [5.41, 5.74) is 0.560. The van der Waals surface area contributed by atoms with Crippen molar-refractivity contribution < 1.29 is 17.6 Å². The molecule has 0 atom stereocenters. The van der Waals surface area contributed by atoms with Crippen LogP contribution in [0.15, 0.2) is 86.4 Å². The van der Waals surface area contributed by atoms with Crippen LogP contribution in [0.4, 0.5) is 5.88 Å². The normalized spacial score (nSPS) is 14.4. The molecule has 34 heavy (non-hydrogen) atoms. The van der Waals surface area contributed by atoms with Crippen molar-refractivity contribution in [1.29, 1.82) is 0 Å². The van der Waals surface area contributed by atoms with E-state index in [1.54, 1.807) is 59.5 Å². The topological polar surface area (TPSA) is 83.7 Å². The standard InChI is InChI=1S/C24H20ClN3O4S2/c25-18-10-8-17(9-11-18)23(29)27-12-14-28(15-13-27)24-22(26-21(32-24)20-7-4-16-33-20)34(30,31)19-5-2-1-3-6-19/h1-11,16H,12-15H2. The molecule has 0 bridgehead atoms. The maximum atomic E-state index is 13.4. The molecular formula is C24H20ClN3O4S2. The van der Waals surface area contributed by atoms with E-state index in [0.29, 0.717) is 36.8 Å². The number of anilines is 1. The SMILES string of the molecule is O=C(c1ccc(Cl)cc1)N1CCN(c2oc(-c3cccs3)nc2S(=O)(=O)c2ccccc2)CC1. The molecular weight excluding hydrogens is 494 g/mol. The van der Waals surface area contributed by atoms with Crippen molar-refractivity contribution in [3.63, 3.8) is 0 Å². The molecule has 174 valence electrons. The van der Waals surface area contributed by atoms with Crippen LogP contribution in [0.1, 0.15) is 10.4 Å². The van der Waals surface area contributed by atoms with Crippen molar-refractivity contribution >= 4 is 44.6 Å². The Kier molecular flexibility index (Phi) is 6.16. The number of halogens is 1. The number of hydrogen-bond donors (Lipinski definition) is 0. The second kappa shape index (κ2) is 9.25. The maximum Gasteiger partial charge on any atom is 0.253 e. The number of rotatable bonds is 5. The van der Waals surface area contributed by atoms with Gasteiger partial charge >= 0.3 is 0 Å². The van der Waals surface area contributed by atoms with Crippen molar-refractivity contribution in [2.45, 2.75) is 9.92 Å². The van der Waals surface area contributed by atoms with Crippen LogP contribution in [0.2, 0.25) is 5.02 Å². The first kappa shape index (κ1) is 22.6. The van der Waals surface area contributed by atoms with Gasteiger partial charge in [-0.3, -0.25) is 4.79 Å². The summed E-state index contributed by atoms with van der Waals surface area (Å²) in [7, 11) is -3.90. The quantitative estimate of drug-likeness (QED) is 0.379. The van der Waals surface area contributed by atoms with E-state index >= 15 is 0 Å². The van der Waals surface area contributed by atoms with Crippen LogP contribution in [0, 0.1) is 0 Å². The van der Waals surface area contributed by atoms with Crippen molar-refractivity contribution in [2.24, 2.45) is 0 Å². The number of oxazole rings is 1. The first-order valence-corrected chi connectivity index (χ1v) is 13.3. The highest BCUT2D eigenvalue weighted by molar-refractivity contribution is 7.91.